The van der Waals surface area contributed by atoms with Crippen LogP contribution >= 0.6 is 0 Å². The number of rotatable bonds is 18. The van der Waals surface area contributed by atoms with Crippen molar-refractivity contribution in [1.29, 1.82) is 0 Å². The van der Waals surface area contributed by atoms with Gasteiger partial charge in [0.1, 0.15) is 122 Å². The second-order valence-corrected chi connectivity index (χ2v) is 22.0. The van der Waals surface area contributed by atoms with Crippen molar-refractivity contribution in [3.8, 4) is 0 Å². The molecule has 472 valence electrons. The quantitative estimate of drug-likeness (QED) is 0.0606. The molecule has 33 heteroatoms. The lowest BCUT2D eigenvalue weighted by atomic mass is 9.91. The van der Waals surface area contributed by atoms with E-state index in [9.17, 15) is 91.9 Å². The van der Waals surface area contributed by atoms with Crippen LogP contribution in [0.25, 0.3) is 0 Å². The lowest BCUT2D eigenvalue weighted by molar-refractivity contribution is -0.377. The number of ether oxygens (including phenoxy) is 15. The van der Waals surface area contributed by atoms with Crippen molar-refractivity contribution in [3.05, 3.63) is 0 Å². The Balaban J connectivity index is 0.795. The highest BCUT2D eigenvalue weighted by Crippen LogP contribution is 2.39. The molecule has 8 aliphatic heterocycles. The highest BCUT2D eigenvalue weighted by atomic mass is 16.8. The first kappa shape index (κ1) is 65.7. The van der Waals surface area contributed by atoms with E-state index in [1.165, 1.54) is 27.7 Å². The van der Waals surface area contributed by atoms with Crippen LogP contribution < -0.4 is 0 Å². The monoisotopic (exact) mass is 1190 g/mol. The van der Waals surface area contributed by atoms with Gasteiger partial charge >= 0.3 is 0 Å². The van der Waals surface area contributed by atoms with Crippen molar-refractivity contribution in [2.75, 3.05) is 52.9 Å². The molecule has 36 atom stereocenters. The molecule has 0 aromatic heterocycles. The molecular weight excluding hydrogens is 1100 g/mol. The van der Waals surface area contributed by atoms with Crippen LogP contribution in [0, 0.1) is 23.7 Å². The van der Waals surface area contributed by atoms with Gasteiger partial charge in [0.25, 0.3) is 0 Å². The van der Waals surface area contributed by atoms with Crippen molar-refractivity contribution in [3.63, 3.8) is 0 Å². The summed E-state index contributed by atoms with van der Waals surface area (Å²) in [5.74, 6) is -3.80. The molecule has 0 aromatic carbocycles. The van der Waals surface area contributed by atoms with Gasteiger partial charge in [-0.2, -0.15) is 0 Å². The second-order valence-electron chi connectivity index (χ2n) is 22.0. The maximum absolute atomic E-state index is 11.5. The Morgan fingerprint density at radius 2 is 0.543 bits per heavy atom. The Morgan fingerprint density at radius 1 is 0.284 bits per heavy atom. The van der Waals surface area contributed by atoms with Crippen molar-refractivity contribution < 1.29 is 163 Å². The van der Waals surface area contributed by atoms with E-state index in [1.807, 2.05) is 0 Å². The summed E-state index contributed by atoms with van der Waals surface area (Å²) in [6.45, 7) is 1.19. The van der Waals surface area contributed by atoms with Gasteiger partial charge in [0.15, 0.2) is 50.3 Å². The number of aliphatic hydroxyl groups is 18. The minimum Gasteiger partial charge on any atom is -0.394 e. The van der Waals surface area contributed by atoms with Gasteiger partial charge in [-0.1, -0.05) is 27.7 Å². The predicted octanol–water partition coefficient (Wildman–Crippen LogP) is -10.8. The van der Waals surface area contributed by atoms with Gasteiger partial charge in [0.2, 0.25) is 0 Å². The molecule has 0 spiro atoms. The molecule has 8 saturated heterocycles. The fraction of sp³-hybridized carbons (Fsp3) is 1.00. The summed E-state index contributed by atoms with van der Waals surface area (Å²) in [5, 5.41) is 193. The number of hydrogen-bond acceptors (Lipinski definition) is 33. The smallest absolute Gasteiger partial charge is 0.186 e. The molecule has 81 heavy (non-hydrogen) atoms. The standard InChI is InChI=1S/C48H82O33/c1-13-25(54)37(18(5-49)71-41(13)66)78-46-34(63)30(59)22(10-68-46)75-43-15(3)27(56)39(20(7-51)73-43)80-48-36(65)32(61)24(12-70-48)77-44-16(4)28(57)40(21(8-52)74-44)81-47-35(64)31(60)23(11-69-47)76-42-14(2)26(55)38(19(6-50)72-42)79-45-33(62)29(58)17(53)9-67-45/h13-66H,5-12H2,1-4H3/t13?,14?,15?,16?,17-,18?,19?,20?,21?,22+,23+,24+,25-,26-,27-,28-,29+,30+,31+,32+,33?,34?,35?,36?,37-,38-,39-,40-,41+,42-,43-,44-,45+,46+,47+,48+/m1/s1. The van der Waals surface area contributed by atoms with E-state index < -0.39 is 273 Å². The van der Waals surface area contributed by atoms with Gasteiger partial charge in [-0.3, -0.25) is 0 Å². The Kier molecular flexibility index (Phi) is 22.9. The summed E-state index contributed by atoms with van der Waals surface area (Å²) in [6, 6.07) is 0. The summed E-state index contributed by atoms with van der Waals surface area (Å²) in [6.07, 6.45) is -47.9. The molecule has 0 saturated carbocycles. The van der Waals surface area contributed by atoms with Crippen molar-refractivity contribution in [2.45, 2.75) is 225 Å². The van der Waals surface area contributed by atoms with Crippen LogP contribution in [0.1, 0.15) is 27.7 Å². The molecule has 33 nitrogen and oxygen atoms in total. The first-order valence-electron chi connectivity index (χ1n) is 27.1. The van der Waals surface area contributed by atoms with Gasteiger partial charge in [0, 0.05) is 23.7 Å². The van der Waals surface area contributed by atoms with E-state index in [-0.39, 0.29) is 0 Å². The van der Waals surface area contributed by atoms with Gasteiger partial charge < -0.3 is 163 Å². The fourth-order valence-electron chi connectivity index (χ4n) is 11.0. The van der Waals surface area contributed by atoms with Crippen LogP contribution in [0.4, 0.5) is 0 Å². The summed E-state index contributed by atoms with van der Waals surface area (Å²) >= 11 is 0. The van der Waals surface area contributed by atoms with E-state index in [0.29, 0.717) is 0 Å². The first-order chi connectivity index (χ1) is 38.4. The molecule has 0 aliphatic carbocycles. The highest BCUT2D eigenvalue weighted by Gasteiger charge is 2.56. The third-order valence-corrected chi connectivity index (χ3v) is 16.5. The molecule has 8 fully saturated rings. The van der Waals surface area contributed by atoms with Gasteiger partial charge in [-0.15, -0.1) is 0 Å². The molecule has 8 rings (SSSR count). The Hall–Kier alpha value is -1.32. The van der Waals surface area contributed by atoms with E-state index in [1.54, 1.807) is 0 Å². The Labute approximate surface area is 463 Å². The van der Waals surface area contributed by atoms with E-state index in [0.717, 1.165) is 0 Å². The summed E-state index contributed by atoms with van der Waals surface area (Å²) in [7, 11) is 0. The third kappa shape index (κ3) is 13.9. The number of hydrogen-bond donors (Lipinski definition) is 18. The Morgan fingerprint density at radius 3 is 0.840 bits per heavy atom. The van der Waals surface area contributed by atoms with Crippen LogP contribution in [-0.4, -0.2) is 342 Å². The topological polar surface area (TPSA) is 503 Å². The minimum atomic E-state index is -1.88. The number of aliphatic hydroxyl groups excluding tert-OH is 18. The van der Waals surface area contributed by atoms with Gasteiger partial charge in [0.05, 0.1) is 77.3 Å². The molecule has 0 radical (unpaired) electrons. The van der Waals surface area contributed by atoms with E-state index in [4.69, 9.17) is 71.1 Å². The molecule has 18 N–H and O–H groups in total. The van der Waals surface area contributed by atoms with Gasteiger partial charge in [-0.25, -0.2) is 0 Å². The molecule has 8 aliphatic rings. The van der Waals surface area contributed by atoms with Crippen molar-refractivity contribution >= 4 is 0 Å². The second kappa shape index (κ2) is 28.2. The predicted molar refractivity (Wildman–Crippen MR) is 253 cm³/mol. The van der Waals surface area contributed by atoms with E-state index >= 15 is 0 Å². The molecule has 8 heterocycles. The van der Waals surface area contributed by atoms with Crippen LogP contribution in [0.5, 0.6) is 0 Å². The average Bonchev–Trinajstić information content (AvgIpc) is 3.52. The zero-order chi connectivity index (χ0) is 59.0. The maximum Gasteiger partial charge on any atom is 0.186 e. The van der Waals surface area contributed by atoms with Crippen LogP contribution in [0.3, 0.4) is 0 Å². The van der Waals surface area contributed by atoms with Crippen LogP contribution in [0.2, 0.25) is 0 Å². The fourth-order valence-corrected chi connectivity index (χ4v) is 11.0. The zero-order valence-corrected chi connectivity index (χ0v) is 44.6. The molecule has 0 aromatic rings. The van der Waals surface area contributed by atoms with Crippen LogP contribution in [-0.2, 0) is 71.1 Å². The minimum absolute atomic E-state index is 0.390. The van der Waals surface area contributed by atoms with E-state index in [2.05, 4.69) is 0 Å². The lowest BCUT2D eigenvalue weighted by Crippen LogP contribution is -2.64. The van der Waals surface area contributed by atoms with Crippen LogP contribution in [0.15, 0.2) is 0 Å². The summed E-state index contributed by atoms with van der Waals surface area (Å²) in [5.41, 5.74) is 0. The molecule has 0 amide bonds. The highest BCUT2D eigenvalue weighted by molar-refractivity contribution is 4.98. The van der Waals surface area contributed by atoms with Gasteiger partial charge in [-0.05, 0) is 0 Å². The average molecular weight is 1190 g/mol. The van der Waals surface area contributed by atoms with Crippen molar-refractivity contribution in [2.24, 2.45) is 23.7 Å². The normalized spacial score (nSPS) is 54.0. The third-order valence-electron chi connectivity index (χ3n) is 16.5. The lowest BCUT2D eigenvalue weighted by Gasteiger charge is -2.49. The summed E-state index contributed by atoms with van der Waals surface area (Å²) in [4.78, 5) is 0. The molecular formula is C48H82O33. The first-order valence-corrected chi connectivity index (χ1v) is 27.1. The Bertz CT molecular complexity index is 1910. The maximum atomic E-state index is 11.5. The zero-order valence-electron chi connectivity index (χ0n) is 44.6. The van der Waals surface area contributed by atoms with Crippen molar-refractivity contribution in [1.82, 2.24) is 0 Å². The largest absolute Gasteiger partial charge is 0.394 e. The summed E-state index contributed by atoms with van der Waals surface area (Å²) < 4.78 is 86.4. The molecule has 0 bridgehead atoms. The molecule has 12 unspecified atom stereocenters. The SMILES string of the molecule is CC1[C@@H](O[C@H]2CO[C@@H](O[C@@H]3C(CO)O[C@H](O[C@H]4CO[C@@H](O[C@@H]5C(CO)O[C@H](O[C@H]6CO[C@@H](O[C@@H]7C(CO)O[C@H](O)C(C)[C@H]7O)C(O)[C@H]6O)C(C)[C@H]5O)C(O)[C@H]4O)C(C)[C@H]3O)C(O)[C@H]2O)OC(CO)[C@@H](O[C@@H]2OC[C@@H](O)[C@H](O)C2O)[C@@H]1O.